The first-order valence-electron chi connectivity index (χ1n) is 7.20. The highest BCUT2D eigenvalue weighted by molar-refractivity contribution is 5.98. The summed E-state index contributed by atoms with van der Waals surface area (Å²) in [6.07, 6.45) is 4.76. The fourth-order valence-electron chi connectivity index (χ4n) is 3.15. The van der Waals surface area contributed by atoms with Crippen LogP contribution < -0.4 is 5.32 Å². The van der Waals surface area contributed by atoms with Crippen molar-refractivity contribution in [1.82, 2.24) is 10.2 Å². The third-order valence-corrected chi connectivity index (χ3v) is 4.52. The molecule has 4 nitrogen and oxygen atoms in total. The van der Waals surface area contributed by atoms with E-state index in [-0.39, 0.29) is 18.4 Å². The molecule has 0 bridgehead atoms. The van der Waals surface area contributed by atoms with Crippen LogP contribution in [0.15, 0.2) is 0 Å². The highest BCUT2D eigenvalue weighted by atomic mass is 16.2. The van der Waals surface area contributed by atoms with Crippen LogP contribution in [0, 0.1) is 5.92 Å². The Balaban J connectivity index is 2.12. The predicted molar refractivity (Wildman–Crippen MR) is 70.0 cm³/mol. The first kappa shape index (κ1) is 13.4. The lowest BCUT2D eigenvalue weighted by Crippen LogP contribution is -2.66. The van der Waals surface area contributed by atoms with Crippen molar-refractivity contribution in [2.75, 3.05) is 6.54 Å². The van der Waals surface area contributed by atoms with Crippen molar-refractivity contribution in [1.29, 1.82) is 0 Å². The molecule has 1 N–H and O–H groups in total. The molecule has 0 aromatic carbocycles. The Bertz CT molecular complexity index is 350. The molecule has 0 spiro atoms. The Kier molecular flexibility index (Phi) is 3.64. The van der Waals surface area contributed by atoms with Crippen molar-refractivity contribution in [2.24, 2.45) is 5.92 Å². The predicted octanol–water partition coefficient (Wildman–Crippen LogP) is 1.69. The van der Waals surface area contributed by atoms with Crippen molar-refractivity contribution in [3.63, 3.8) is 0 Å². The van der Waals surface area contributed by atoms with Crippen molar-refractivity contribution in [2.45, 2.75) is 64.5 Å². The number of nitrogens with one attached hydrogen (secondary N) is 1. The summed E-state index contributed by atoms with van der Waals surface area (Å²) in [6, 6.07) is 0.320. The molecule has 1 aliphatic carbocycles. The summed E-state index contributed by atoms with van der Waals surface area (Å²) in [5.41, 5.74) is -0.644. The van der Waals surface area contributed by atoms with Crippen molar-refractivity contribution >= 4 is 11.8 Å². The van der Waals surface area contributed by atoms with Crippen LogP contribution in [0.1, 0.15) is 52.9 Å². The second kappa shape index (κ2) is 4.90. The molecule has 18 heavy (non-hydrogen) atoms. The maximum absolute atomic E-state index is 12.6. The van der Waals surface area contributed by atoms with Crippen LogP contribution in [-0.4, -0.2) is 34.8 Å². The highest BCUT2D eigenvalue weighted by Gasteiger charge is 2.51. The molecule has 102 valence electrons. The van der Waals surface area contributed by atoms with Gasteiger partial charge in [-0.15, -0.1) is 0 Å². The van der Waals surface area contributed by atoms with Crippen LogP contribution in [0.25, 0.3) is 0 Å². The zero-order valence-corrected chi connectivity index (χ0v) is 11.7. The van der Waals surface area contributed by atoms with E-state index in [4.69, 9.17) is 0 Å². The van der Waals surface area contributed by atoms with Gasteiger partial charge in [-0.1, -0.05) is 27.2 Å². The smallest absolute Gasteiger partial charge is 0.249 e. The molecule has 1 saturated carbocycles. The van der Waals surface area contributed by atoms with E-state index in [0.717, 1.165) is 12.8 Å². The van der Waals surface area contributed by atoms with E-state index in [1.54, 1.807) is 0 Å². The van der Waals surface area contributed by atoms with E-state index in [0.29, 0.717) is 24.8 Å². The van der Waals surface area contributed by atoms with E-state index in [1.165, 1.54) is 6.42 Å². The molecular weight excluding hydrogens is 228 g/mol. The minimum absolute atomic E-state index is 0.000415. The summed E-state index contributed by atoms with van der Waals surface area (Å²) >= 11 is 0. The number of rotatable bonds is 5. The molecule has 0 aromatic heterocycles. The van der Waals surface area contributed by atoms with Crippen LogP contribution in [0.4, 0.5) is 0 Å². The lowest BCUT2D eigenvalue weighted by Gasteiger charge is -2.41. The van der Waals surface area contributed by atoms with Gasteiger partial charge in [0.15, 0.2) is 0 Å². The second-order valence-corrected chi connectivity index (χ2v) is 5.62. The average Bonchev–Trinajstić information content (AvgIpc) is 3.11. The summed E-state index contributed by atoms with van der Waals surface area (Å²) in [5.74, 6) is 0.757. The third-order valence-electron chi connectivity index (χ3n) is 4.52. The molecule has 2 amide bonds. The summed E-state index contributed by atoms with van der Waals surface area (Å²) in [6.45, 7) is 6.37. The molecule has 4 heteroatoms. The molecule has 2 atom stereocenters. The molecule has 2 fully saturated rings. The van der Waals surface area contributed by atoms with Crippen molar-refractivity contribution < 1.29 is 9.59 Å². The lowest BCUT2D eigenvalue weighted by molar-refractivity contribution is -0.151. The quantitative estimate of drug-likeness (QED) is 0.809. The zero-order chi connectivity index (χ0) is 13.3. The van der Waals surface area contributed by atoms with E-state index < -0.39 is 5.54 Å². The number of hydrogen-bond acceptors (Lipinski definition) is 2. The van der Waals surface area contributed by atoms with Crippen molar-refractivity contribution in [3.05, 3.63) is 0 Å². The van der Waals surface area contributed by atoms with Crippen LogP contribution in [0.2, 0.25) is 0 Å². The fourth-order valence-corrected chi connectivity index (χ4v) is 3.15. The molecule has 1 aliphatic heterocycles. The van der Waals surface area contributed by atoms with Crippen LogP contribution in [0.3, 0.4) is 0 Å². The van der Waals surface area contributed by atoms with Gasteiger partial charge in [-0.2, -0.15) is 0 Å². The summed E-state index contributed by atoms with van der Waals surface area (Å²) in [4.78, 5) is 26.3. The zero-order valence-electron chi connectivity index (χ0n) is 11.7. The van der Waals surface area contributed by atoms with Crippen LogP contribution in [0.5, 0.6) is 0 Å². The van der Waals surface area contributed by atoms with E-state index in [2.05, 4.69) is 12.2 Å². The largest absolute Gasteiger partial charge is 0.340 e. The highest BCUT2D eigenvalue weighted by Crippen LogP contribution is 2.41. The van der Waals surface area contributed by atoms with Gasteiger partial charge < -0.3 is 10.2 Å². The molecule has 2 rings (SSSR count). The van der Waals surface area contributed by atoms with E-state index in [1.807, 2.05) is 18.7 Å². The molecule has 0 aromatic rings. The Hall–Kier alpha value is -1.06. The van der Waals surface area contributed by atoms with Crippen LogP contribution >= 0.6 is 0 Å². The molecular formula is C14H24N2O2. The minimum Gasteiger partial charge on any atom is -0.340 e. The van der Waals surface area contributed by atoms with Gasteiger partial charge in [-0.05, 0) is 31.6 Å². The number of amides is 2. The lowest BCUT2D eigenvalue weighted by atomic mass is 9.88. The average molecular weight is 252 g/mol. The normalized spacial score (nSPS) is 30.3. The van der Waals surface area contributed by atoms with E-state index in [9.17, 15) is 9.59 Å². The molecule has 2 unspecified atom stereocenters. The topological polar surface area (TPSA) is 49.4 Å². The molecule has 1 heterocycles. The maximum atomic E-state index is 12.6. The molecule has 0 radical (unpaired) electrons. The Labute approximate surface area is 109 Å². The van der Waals surface area contributed by atoms with Gasteiger partial charge in [0.05, 0.1) is 6.54 Å². The third kappa shape index (κ3) is 2.13. The van der Waals surface area contributed by atoms with E-state index >= 15 is 0 Å². The summed E-state index contributed by atoms with van der Waals surface area (Å²) in [7, 11) is 0. The standard InChI is InChI=1S/C14H24N2O2/c1-4-7-10-8-11(10)16-9-12(17)15-14(5-2,6-3)13(16)18/h10-11H,4-9H2,1-3H3,(H,15,17). The minimum atomic E-state index is -0.644. The Morgan fingerprint density at radius 1 is 1.28 bits per heavy atom. The SMILES string of the molecule is CCCC1CC1N1CC(=O)NC(CC)(CC)C1=O. The number of piperazine rings is 1. The van der Waals surface area contributed by atoms with Gasteiger partial charge in [-0.25, -0.2) is 0 Å². The molecule has 1 saturated heterocycles. The summed E-state index contributed by atoms with van der Waals surface area (Å²) in [5, 5.41) is 2.91. The Morgan fingerprint density at radius 3 is 2.50 bits per heavy atom. The van der Waals surface area contributed by atoms with Crippen LogP contribution in [-0.2, 0) is 9.59 Å². The van der Waals surface area contributed by atoms with Gasteiger partial charge >= 0.3 is 0 Å². The van der Waals surface area contributed by atoms with Gasteiger partial charge in [-0.3, -0.25) is 9.59 Å². The first-order valence-corrected chi connectivity index (χ1v) is 7.20. The maximum Gasteiger partial charge on any atom is 0.249 e. The monoisotopic (exact) mass is 252 g/mol. The fraction of sp³-hybridized carbons (Fsp3) is 0.857. The number of hydrogen-bond donors (Lipinski definition) is 1. The van der Waals surface area contributed by atoms with Gasteiger partial charge in [0.1, 0.15) is 5.54 Å². The first-order chi connectivity index (χ1) is 8.57. The number of carbonyl (C=O) groups is 2. The van der Waals surface area contributed by atoms with Gasteiger partial charge in [0.25, 0.3) is 0 Å². The second-order valence-electron chi connectivity index (χ2n) is 5.62. The van der Waals surface area contributed by atoms with Gasteiger partial charge in [0, 0.05) is 6.04 Å². The molecule has 2 aliphatic rings. The summed E-state index contributed by atoms with van der Waals surface area (Å²) < 4.78 is 0. The number of carbonyl (C=O) groups excluding carboxylic acids is 2. The van der Waals surface area contributed by atoms with Gasteiger partial charge in [0.2, 0.25) is 11.8 Å². The Morgan fingerprint density at radius 2 is 1.94 bits per heavy atom. The van der Waals surface area contributed by atoms with Crippen molar-refractivity contribution in [3.8, 4) is 0 Å². The number of nitrogens with zero attached hydrogens (tertiary/aromatic N) is 1.